The summed E-state index contributed by atoms with van der Waals surface area (Å²) in [6.07, 6.45) is 0. The molecule has 6 nitrogen and oxygen atoms in total. The molecule has 2 amide bonds. The van der Waals surface area contributed by atoms with Gasteiger partial charge in [-0.25, -0.2) is 4.90 Å². The smallest absolute Gasteiger partial charge is 0.282 e. The Kier molecular flexibility index (Phi) is 7.48. The zero-order valence-corrected chi connectivity index (χ0v) is 19.6. The van der Waals surface area contributed by atoms with Crippen molar-refractivity contribution in [1.82, 2.24) is 4.90 Å². The summed E-state index contributed by atoms with van der Waals surface area (Å²) in [5.74, 6) is -0.649. The molecule has 2 aromatic rings. The SMILES string of the molecule is COCCN(CCOC)C1=C(c2ccccc2)C(=O)N(c2ccc(C(C)(C)C)cc2)C1=O. The molecule has 0 fully saturated rings. The van der Waals surface area contributed by atoms with E-state index < -0.39 is 0 Å². The Labute approximate surface area is 190 Å². The number of methoxy groups -OCH3 is 2. The van der Waals surface area contributed by atoms with E-state index in [1.54, 1.807) is 14.2 Å². The molecule has 0 unspecified atom stereocenters. The predicted molar refractivity (Wildman–Crippen MR) is 126 cm³/mol. The van der Waals surface area contributed by atoms with Crippen LogP contribution in [-0.4, -0.2) is 57.2 Å². The number of hydrogen-bond acceptors (Lipinski definition) is 5. The van der Waals surface area contributed by atoms with E-state index in [1.165, 1.54) is 4.90 Å². The molecule has 0 N–H and O–H groups in total. The molecule has 0 aromatic heterocycles. The molecular weight excluding hydrogens is 404 g/mol. The number of benzene rings is 2. The lowest BCUT2D eigenvalue weighted by molar-refractivity contribution is -0.120. The highest BCUT2D eigenvalue weighted by Crippen LogP contribution is 2.35. The van der Waals surface area contributed by atoms with Crippen molar-refractivity contribution >= 4 is 23.1 Å². The molecule has 0 aliphatic carbocycles. The fourth-order valence-electron chi connectivity index (χ4n) is 3.76. The zero-order chi connectivity index (χ0) is 23.3. The van der Waals surface area contributed by atoms with Gasteiger partial charge in [0.1, 0.15) is 5.70 Å². The lowest BCUT2D eigenvalue weighted by Crippen LogP contribution is -2.37. The van der Waals surface area contributed by atoms with Gasteiger partial charge in [-0.3, -0.25) is 9.59 Å². The van der Waals surface area contributed by atoms with Crippen molar-refractivity contribution in [3.05, 3.63) is 71.4 Å². The molecule has 1 heterocycles. The number of hydrogen-bond donors (Lipinski definition) is 0. The van der Waals surface area contributed by atoms with Crippen LogP contribution < -0.4 is 4.90 Å². The van der Waals surface area contributed by atoms with Crippen LogP contribution in [0.15, 0.2) is 60.3 Å². The van der Waals surface area contributed by atoms with Crippen LogP contribution >= 0.6 is 0 Å². The minimum atomic E-state index is -0.329. The van der Waals surface area contributed by atoms with Crippen molar-refractivity contribution in [1.29, 1.82) is 0 Å². The third-order valence-corrected chi connectivity index (χ3v) is 5.56. The Bertz CT molecular complexity index is 967. The van der Waals surface area contributed by atoms with Crippen molar-refractivity contribution in [3.8, 4) is 0 Å². The van der Waals surface area contributed by atoms with Crippen LogP contribution in [-0.2, 0) is 24.5 Å². The Morgan fingerprint density at radius 2 is 1.38 bits per heavy atom. The number of nitrogens with zero attached hydrogens (tertiary/aromatic N) is 2. The molecule has 3 rings (SSSR count). The first-order valence-corrected chi connectivity index (χ1v) is 10.8. The Morgan fingerprint density at radius 3 is 1.88 bits per heavy atom. The second-order valence-electron chi connectivity index (χ2n) is 8.80. The van der Waals surface area contributed by atoms with Gasteiger partial charge in [-0.2, -0.15) is 0 Å². The molecule has 2 aromatic carbocycles. The number of imide groups is 1. The van der Waals surface area contributed by atoms with Gasteiger partial charge in [0.25, 0.3) is 11.8 Å². The van der Waals surface area contributed by atoms with Crippen molar-refractivity contribution in [2.45, 2.75) is 26.2 Å². The maximum Gasteiger partial charge on any atom is 0.282 e. The summed E-state index contributed by atoms with van der Waals surface area (Å²) in [4.78, 5) is 30.5. The monoisotopic (exact) mass is 436 g/mol. The highest BCUT2D eigenvalue weighted by atomic mass is 16.5. The van der Waals surface area contributed by atoms with E-state index in [-0.39, 0.29) is 17.2 Å². The van der Waals surface area contributed by atoms with E-state index in [4.69, 9.17) is 9.47 Å². The molecule has 0 saturated carbocycles. The van der Waals surface area contributed by atoms with Crippen molar-refractivity contribution in [2.75, 3.05) is 45.4 Å². The summed E-state index contributed by atoms with van der Waals surface area (Å²) < 4.78 is 10.5. The lowest BCUT2D eigenvalue weighted by Gasteiger charge is -2.26. The van der Waals surface area contributed by atoms with Gasteiger partial charge < -0.3 is 14.4 Å². The molecule has 0 bridgehead atoms. The Balaban J connectivity index is 2.07. The molecule has 6 heteroatoms. The molecule has 1 aliphatic heterocycles. The van der Waals surface area contributed by atoms with Gasteiger partial charge in [0.15, 0.2) is 0 Å². The van der Waals surface area contributed by atoms with E-state index in [0.717, 1.165) is 11.1 Å². The number of amides is 2. The average Bonchev–Trinajstić information content (AvgIpc) is 3.04. The topological polar surface area (TPSA) is 59.1 Å². The first kappa shape index (κ1) is 23.7. The molecule has 1 aliphatic rings. The number of carbonyl (C=O) groups is 2. The van der Waals surface area contributed by atoms with Gasteiger partial charge in [0.2, 0.25) is 0 Å². The summed E-state index contributed by atoms with van der Waals surface area (Å²) in [6.45, 7) is 8.19. The van der Waals surface area contributed by atoms with E-state index >= 15 is 0 Å². The van der Waals surface area contributed by atoms with Gasteiger partial charge in [-0.05, 0) is 28.7 Å². The highest BCUT2D eigenvalue weighted by molar-refractivity contribution is 6.45. The van der Waals surface area contributed by atoms with Gasteiger partial charge in [-0.1, -0.05) is 63.2 Å². The summed E-state index contributed by atoms with van der Waals surface area (Å²) >= 11 is 0. The summed E-state index contributed by atoms with van der Waals surface area (Å²) in [5, 5.41) is 0. The number of anilines is 1. The summed E-state index contributed by atoms with van der Waals surface area (Å²) in [7, 11) is 3.23. The second kappa shape index (κ2) is 10.1. The normalized spacial score (nSPS) is 14.5. The Hall–Kier alpha value is -2.96. The van der Waals surface area contributed by atoms with Crippen LogP contribution in [0.1, 0.15) is 31.9 Å². The van der Waals surface area contributed by atoms with Crippen LogP contribution in [0.25, 0.3) is 5.57 Å². The van der Waals surface area contributed by atoms with E-state index in [1.807, 2.05) is 59.5 Å². The number of ether oxygens (including phenoxy) is 2. The first-order chi connectivity index (χ1) is 15.3. The highest BCUT2D eigenvalue weighted by Gasteiger charge is 2.42. The van der Waals surface area contributed by atoms with Gasteiger partial charge in [0, 0.05) is 27.3 Å². The van der Waals surface area contributed by atoms with E-state index in [0.29, 0.717) is 43.3 Å². The van der Waals surface area contributed by atoms with Crippen LogP contribution in [0, 0.1) is 0 Å². The van der Waals surface area contributed by atoms with E-state index in [9.17, 15) is 9.59 Å². The Morgan fingerprint density at radius 1 is 0.812 bits per heavy atom. The van der Waals surface area contributed by atoms with Gasteiger partial charge >= 0.3 is 0 Å². The molecular formula is C26H32N2O4. The van der Waals surface area contributed by atoms with Crippen molar-refractivity contribution in [3.63, 3.8) is 0 Å². The van der Waals surface area contributed by atoms with Crippen LogP contribution in [0.5, 0.6) is 0 Å². The maximum absolute atomic E-state index is 13.7. The van der Waals surface area contributed by atoms with E-state index in [2.05, 4.69) is 20.8 Å². The molecule has 170 valence electrons. The molecule has 0 atom stereocenters. The minimum absolute atomic E-state index is 0.0206. The van der Waals surface area contributed by atoms with Crippen LogP contribution in [0.4, 0.5) is 5.69 Å². The standard InChI is InChI=1S/C26H32N2O4/c1-26(2,3)20-11-13-21(14-12-20)28-24(29)22(19-9-7-6-8-10-19)23(25(28)30)27(15-17-31-4)16-18-32-5/h6-14H,15-18H2,1-5H3. The van der Waals surface area contributed by atoms with Crippen molar-refractivity contribution in [2.24, 2.45) is 0 Å². The predicted octanol–water partition coefficient (Wildman–Crippen LogP) is 3.86. The summed E-state index contributed by atoms with van der Waals surface area (Å²) in [5.41, 5.74) is 3.19. The second-order valence-corrected chi connectivity index (χ2v) is 8.80. The fraction of sp³-hybridized carbons (Fsp3) is 0.385. The average molecular weight is 437 g/mol. The van der Waals surface area contributed by atoms with Gasteiger partial charge in [-0.15, -0.1) is 0 Å². The molecule has 0 saturated heterocycles. The van der Waals surface area contributed by atoms with Crippen LogP contribution in [0.2, 0.25) is 0 Å². The largest absolute Gasteiger partial charge is 0.383 e. The van der Waals surface area contributed by atoms with Gasteiger partial charge in [0.05, 0.1) is 24.5 Å². The number of rotatable bonds is 9. The molecule has 32 heavy (non-hydrogen) atoms. The van der Waals surface area contributed by atoms with Crippen LogP contribution in [0.3, 0.4) is 0 Å². The zero-order valence-electron chi connectivity index (χ0n) is 19.6. The lowest BCUT2D eigenvalue weighted by atomic mass is 9.87. The third kappa shape index (κ3) is 4.92. The van der Waals surface area contributed by atoms with Crippen molar-refractivity contribution < 1.29 is 19.1 Å². The first-order valence-electron chi connectivity index (χ1n) is 10.8. The summed E-state index contributed by atoms with van der Waals surface area (Å²) in [6, 6.07) is 17.0. The third-order valence-electron chi connectivity index (χ3n) is 5.56. The quantitative estimate of drug-likeness (QED) is 0.559. The number of carbonyl (C=O) groups excluding carboxylic acids is 2. The minimum Gasteiger partial charge on any atom is -0.383 e. The molecule has 0 spiro atoms. The maximum atomic E-state index is 13.7. The molecule has 0 radical (unpaired) electrons. The fourth-order valence-corrected chi connectivity index (χ4v) is 3.76.